The van der Waals surface area contributed by atoms with Crippen LogP contribution in [0.1, 0.15) is 0 Å². The average Bonchev–Trinajstić information content (AvgIpc) is 1.96. The summed E-state index contributed by atoms with van der Waals surface area (Å²) < 4.78 is 35.8. The van der Waals surface area contributed by atoms with E-state index in [9.17, 15) is 22.8 Å². The Morgan fingerprint density at radius 2 is 2.08 bits per heavy atom. The first-order valence-electron chi connectivity index (χ1n) is 3.24. The fourth-order valence-corrected chi connectivity index (χ4v) is 0.653. The van der Waals surface area contributed by atoms with Gasteiger partial charge in [0.15, 0.2) is 5.92 Å². The lowest BCUT2D eigenvalue weighted by molar-refractivity contribution is -0.195. The van der Waals surface area contributed by atoms with E-state index >= 15 is 0 Å². The zero-order valence-corrected chi connectivity index (χ0v) is 6.71. The van der Waals surface area contributed by atoms with Crippen molar-refractivity contribution in [1.29, 1.82) is 0 Å². The minimum absolute atomic E-state index is 0.141. The van der Waals surface area contributed by atoms with E-state index in [-0.39, 0.29) is 6.41 Å². The second-order valence-corrected chi connectivity index (χ2v) is 2.48. The number of hydrogen-bond acceptors (Lipinski definition) is 2. The van der Waals surface area contributed by atoms with Gasteiger partial charge in [-0.2, -0.15) is 13.2 Å². The molecular weight excluding hydrogens is 191 g/mol. The number of nitrogens with zero attached hydrogens (tertiary/aromatic N) is 1. The Bertz CT molecular complexity index is 204. The molecule has 0 aliphatic heterocycles. The van der Waals surface area contributed by atoms with E-state index in [1.54, 1.807) is 0 Å². The molecule has 0 aliphatic carbocycles. The summed E-state index contributed by atoms with van der Waals surface area (Å²) in [5, 5.41) is 8.19. The first-order chi connectivity index (χ1) is 5.79. The van der Waals surface area contributed by atoms with Crippen molar-refractivity contribution in [3.8, 4) is 0 Å². The van der Waals surface area contributed by atoms with Crippen molar-refractivity contribution in [3.63, 3.8) is 0 Å². The van der Waals surface area contributed by atoms with Crippen molar-refractivity contribution in [2.24, 2.45) is 5.92 Å². The van der Waals surface area contributed by atoms with Crippen LogP contribution in [0.25, 0.3) is 0 Å². The molecule has 0 radical (unpaired) electrons. The number of halogens is 3. The van der Waals surface area contributed by atoms with Crippen LogP contribution in [0, 0.1) is 5.92 Å². The molecule has 1 amide bonds. The predicted octanol–water partition coefficient (Wildman–Crippen LogP) is 0.338. The highest BCUT2D eigenvalue weighted by Crippen LogP contribution is 2.26. The normalized spacial score (nSPS) is 13.5. The molecule has 0 aliphatic rings. The van der Waals surface area contributed by atoms with E-state index in [2.05, 4.69) is 0 Å². The van der Waals surface area contributed by atoms with Gasteiger partial charge in [0.25, 0.3) is 0 Å². The highest BCUT2D eigenvalue weighted by Gasteiger charge is 2.45. The topological polar surface area (TPSA) is 57.6 Å². The summed E-state index contributed by atoms with van der Waals surface area (Å²) >= 11 is 0. The van der Waals surface area contributed by atoms with Gasteiger partial charge in [-0.05, 0) is 0 Å². The highest BCUT2D eigenvalue weighted by molar-refractivity contribution is 5.71. The fourth-order valence-electron chi connectivity index (χ4n) is 0.653. The molecule has 0 heterocycles. The Morgan fingerprint density at radius 3 is 2.31 bits per heavy atom. The van der Waals surface area contributed by atoms with Gasteiger partial charge >= 0.3 is 12.1 Å². The first-order valence-corrected chi connectivity index (χ1v) is 3.24. The third-order valence-corrected chi connectivity index (χ3v) is 1.34. The van der Waals surface area contributed by atoms with Crippen LogP contribution in [-0.2, 0) is 9.59 Å². The number of rotatable bonds is 4. The van der Waals surface area contributed by atoms with E-state index in [1.807, 2.05) is 0 Å². The van der Waals surface area contributed by atoms with Gasteiger partial charge in [-0.25, -0.2) is 0 Å². The number of carboxylic acids is 1. The van der Waals surface area contributed by atoms with Crippen molar-refractivity contribution in [2.75, 3.05) is 13.6 Å². The molecule has 7 heteroatoms. The van der Waals surface area contributed by atoms with Crippen LogP contribution in [0.4, 0.5) is 13.2 Å². The Balaban J connectivity index is 4.45. The van der Waals surface area contributed by atoms with Crippen LogP contribution < -0.4 is 0 Å². The molecule has 1 N–H and O–H groups in total. The zero-order chi connectivity index (χ0) is 10.6. The molecule has 76 valence electrons. The molecule has 13 heavy (non-hydrogen) atoms. The molecule has 0 fully saturated rings. The third kappa shape index (κ3) is 3.77. The number of aliphatic carboxylic acids is 1. The van der Waals surface area contributed by atoms with Crippen LogP contribution in [0.5, 0.6) is 0 Å². The Kier molecular flexibility index (Phi) is 3.70. The van der Waals surface area contributed by atoms with Crippen LogP contribution >= 0.6 is 0 Å². The van der Waals surface area contributed by atoms with Crippen LogP contribution in [0.2, 0.25) is 0 Å². The maximum absolute atomic E-state index is 11.9. The van der Waals surface area contributed by atoms with Crippen molar-refractivity contribution in [3.05, 3.63) is 0 Å². The van der Waals surface area contributed by atoms with Crippen LogP contribution in [0.15, 0.2) is 0 Å². The summed E-state index contributed by atoms with van der Waals surface area (Å²) in [6.07, 6.45) is -4.69. The van der Waals surface area contributed by atoms with Gasteiger partial charge in [0.2, 0.25) is 6.41 Å². The van der Waals surface area contributed by atoms with Crippen molar-refractivity contribution < 1.29 is 27.9 Å². The maximum Gasteiger partial charge on any atom is 0.403 e. The molecule has 0 aromatic carbocycles. The lowest BCUT2D eigenvalue weighted by atomic mass is 10.1. The average molecular weight is 199 g/mol. The number of amides is 1. The van der Waals surface area contributed by atoms with E-state index in [4.69, 9.17) is 5.11 Å². The Hall–Kier alpha value is -1.27. The Morgan fingerprint density at radius 1 is 1.62 bits per heavy atom. The van der Waals surface area contributed by atoms with E-state index in [1.165, 1.54) is 0 Å². The van der Waals surface area contributed by atoms with Gasteiger partial charge in [0.1, 0.15) is 0 Å². The van der Waals surface area contributed by atoms with E-state index in [0.717, 1.165) is 7.05 Å². The minimum Gasteiger partial charge on any atom is -0.481 e. The number of carbonyl (C=O) groups excluding carboxylic acids is 1. The number of carbonyl (C=O) groups is 2. The van der Waals surface area contributed by atoms with Gasteiger partial charge in [-0.15, -0.1) is 0 Å². The molecule has 0 aromatic heterocycles. The SMILES string of the molecule is CN(C=O)CC(C(=O)O)C(F)(F)F. The maximum atomic E-state index is 11.9. The van der Waals surface area contributed by atoms with Gasteiger partial charge in [0.05, 0.1) is 0 Å². The monoisotopic (exact) mass is 199 g/mol. The van der Waals surface area contributed by atoms with Crippen LogP contribution in [-0.4, -0.2) is 42.2 Å². The molecule has 4 nitrogen and oxygen atoms in total. The Labute approximate surface area is 71.9 Å². The van der Waals surface area contributed by atoms with E-state index < -0.39 is 24.6 Å². The molecular formula is C6H8F3NO3. The standard InChI is InChI=1S/C6H8F3NO3/c1-10(3-11)2-4(5(12)13)6(7,8)9/h3-4H,2H2,1H3,(H,12,13). The van der Waals surface area contributed by atoms with Gasteiger partial charge in [-0.3, -0.25) is 9.59 Å². The second-order valence-electron chi connectivity index (χ2n) is 2.48. The summed E-state index contributed by atoms with van der Waals surface area (Å²) in [5.74, 6) is -4.51. The molecule has 0 saturated carbocycles. The molecule has 0 aromatic rings. The minimum atomic E-state index is -4.83. The highest BCUT2D eigenvalue weighted by atomic mass is 19.4. The smallest absolute Gasteiger partial charge is 0.403 e. The molecule has 1 atom stereocenters. The molecule has 0 rings (SSSR count). The quantitative estimate of drug-likeness (QED) is 0.664. The van der Waals surface area contributed by atoms with Crippen LogP contribution in [0.3, 0.4) is 0 Å². The lowest BCUT2D eigenvalue weighted by Crippen LogP contribution is -2.39. The predicted molar refractivity (Wildman–Crippen MR) is 35.9 cm³/mol. The summed E-state index contributed by atoms with van der Waals surface area (Å²) in [6.45, 7) is -0.873. The largest absolute Gasteiger partial charge is 0.481 e. The van der Waals surface area contributed by atoms with Crippen molar-refractivity contribution >= 4 is 12.4 Å². The summed E-state index contributed by atoms with van der Waals surface area (Å²) in [5.41, 5.74) is 0. The summed E-state index contributed by atoms with van der Waals surface area (Å²) in [6, 6.07) is 0. The van der Waals surface area contributed by atoms with Crippen molar-refractivity contribution in [2.45, 2.75) is 6.18 Å². The summed E-state index contributed by atoms with van der Waals surface area (Å²) in [4.78, 5) is 20.7. The molecule has 1 unspecified atom stereocenters. The number of carboxylic acid groups (broad SMARTS) is 1. The fraction of sp³-hybridized carbons (Fsp3) is 0.667. The number of hydrogen-bond donors (Lipinski definition) is 1. The molecule has 0 saturated heterocycles. The summed E-state index contributed by atoms with van der Waals surface area (Å²) in [7, 11) is 1.08. The van der Waals surface area contributed by atoms with Crippen molar-refractivity contribution in [1.82, 2.24) is 4.90 Å². The molecule has 0 bridgehead atoms. The second kappa shape index (κ2) is 4.11. The van der Waals surface area contributed by atoms with E-state index in [0.29, 0.717) is 4.90 Å². The third-order valence-electron chi connectivity index (χ3n) is 1.34. The zero-order valence-electron chi connectivity index (χ0n) is 6.71. The van der Waals surface area contributed by atoms with Gasteiger partial charge in [0, 0.05) is 13.6 Å². The van der Waals surface area contributed by atoms with Gasteiger partial charge < -0.3 is 10.0 Å². The lowest BCUT2D eigenvalue weighted by Gasteiger charge is -2.19. The molecule has 0 spiro atoms. The van der Waals surface area contributed by atoms with Gasteiger partial charge in [-0.1, -0.05) is 0 Å². The number of alkyl halides is 3. The first kappa shape index (κ1) is 11.7.